The van der Waals surface area contributed by atoms with Gasteiger partial charge in [-0.1, -0.05) is 26.3 Å². The summed E-state index contributed by atoms with van der Waals surface area (Å²) in [5.74, 6) is 3.83. The average molecular weight is 474 g/mol. The summed E-state index contributed by atoms with van der Waals surface area (Å²) in [7, 11) is -0.121. The van der Waals surface area contributed by atoms with Crippen LogP contribution in [0.15, 0.2) is 16.8 Å². The van der Waals surface area contributed by atoms with Crippen LogP contribution < -0.4 is 0 Å². The van der Waals surface area contributed by atoms with Crippen molar-refractivity contribution in [3.8, 4) is 0 Å². The molecular weight excluding hydrogens is 426 g/mol. The van der Waals surface area contributed by atoms with Gasteiger partial charge in [0.2, 0.25) is 0 Å². The zero-order valence-corrected chi connectivity index (χ0v) is 23.2. The van der Waals surface area contributed by atoms with Crippen LogP contribution in [-0.4, -0.2) is 27.1 Å². The van der Waals surface area contributed by atoms with E-state index in [1.807, 2.05) is 0 Å². The van der Waals surface area contributed by atoms with Gasteiger partial charge in [0.25, 0.3) is 8.32 Å². The van der Waals surface area contributed by atoms with Crippen molar-refractivity contribution >= 4 is 20.0 Å². The van der Waals surface area contributed by atoms with Crippen molar-refractivity contribution in [2.24, 2.45) is 45.6 Å². The largest absolute Gasteiger partial charge is 0.469 e. The highest BCUT2D eigenvalue weighted by Gasteiger charge is 2.59. The summed E-state index contributed by atoms with van der Waals surface area (Å²) in [6, 6.07) is 0. The molecule has 0 aromatic rings. The van der Waals surface area contributed by atoms with E-state index in [1.54, 1.807) is 5.57 Å². The predicted molar refractivity (Wildman–Crippen MR) is 137 cm³/mol. The Kier molecular flexibility index (Phi) is 6.94. The van der Waals surface area contributed by atoms with Gasteiger partial charge in [0, 0.05) is 6.42 Å². The molecule has 0 heterocycles. The molecule has 0 radical (unpaired) electrons. The van der Waals surface area contributed by atoms with Gasteiger partial charge >= 0.3 is 5.97 Å². The number of allylic oxidation sites excluding steroid dienone is 2. The van der Waals surface area contributed by atoms with Crippen LogP contribution in [0.2, 0.25) is 19.6 Å². The lowest BCUT2D eigenvalue weighted by Crippen LogP contribution is -2.51. The number of methoxy groups -OCH3 is 1. The van der Waals surface area contributed by atoms with E-state index in [0.717, 1.165) is 36.5 Å². The quantitative estimate of drug-likeness (QED) is 0.230. The van der Waals surface area contributed by atoms with E-state index in [1.165, 1.54) is 57.8 Å². The van der Waals surface area contributed by atoms with Gasteiger partial charge < -0.3 is 9.26 Å². The van der Waals surface area contributed by atoms with Crippen molar-refractivity contribution in [3.63, 3.8) is 0 Å². The number of rotatable bonds is 6. The molecule has 0 amide bonds. The number of ether oxygens (including phenoxy) is 1. The Hall–Kier alpha value is -1.10. The minimum Gasteiger partial charge on any atom is -0.469 e. The third kappa shape index (κ3) is 4.72. The molecule has 4 nitrogen and oxygen atoms in total. The normalized spacial score (nSPS) is 40.3. The maximum atomic E-state index is 11.7. The number of fused-ring (bicyclic) bond motifs is 5. The van der Waals surface area contributed by atoms with E-state index in [0.29, 0.717) is 23.2 Å². The molecule has 4 aliphatic carbocycles. The van der Waals surface area contributed by atoms with Crippen molar-refractivity contribution in [2.45, 2.75) is 105 Å². The van der Waals surface area contributed by atoms with E-state index in [-0.39, 0.29) is 5.97 Å². The number of esters is 1. The topological polar surface area (TPSA) is 47.9 Å². The Balaban J connectivity index is 1.48. The Morgan fingerprint density at radius 1 is 1.12 bits per heavy atom. The summed E-state index contributed by atoms with van der Waals surface area (Å²) >= 11 is 0. The van der Waals surface area contributed by atoms with E-state index >= 15 is 0 Å². The zero-order valence-electron chi connectivity index (χ0n) is 22.2. The summed E-state index contributed by atoms with van der Waals surface area (Å²) in [5.41, 5.74) is 3.61. The molecule has 7 atom stereocenters. The summed E-state index contributed by atoms with van der Waals surface area (Å²) in [5, 5.41) is 4.58. The van der Waals surface area contributed by atoms with Gasteiger partial charge in [0.1, 0.15) is 0 Å². The van der Waals surface area contributed by atoms with Crippen LogP contribution in [0.1, 0.15) is 85.0 Å². The smallest absolute Gasteiger partial charge is 0.305 e. The van der Waals surface area contributed by atoms with E-state index in [2.05, 4.69) is 51.6 Å². The van der Waals surface area contributed by atoms with Crippen LogP contribution in [-0.2, 0) is 14.1 Å². The fourth-order valence-corrected chi connectivity index (χ4v) is 8.85. The Morgan fingerprint density at radius 3 is 2.58 bits per heavy atom. The number of nitrogens with zero attached hydrogens (tertiary/aromatic N) is 1. The zero-order chi connectivity index (χ0) is 24.0. The molecule has 0 spiro atoms. The van der Waals surface area contributed by atoms with Crippen LogP contribution in [0.4, 0.5) is 0 Å². The minimum atomic E-state index is -1.63. The highest BCUT2D eigenvalue weighted by molar-refractivity contribution is 6.69. The van der Waals surface area contributed by atoms with Crippen LogP contribution in [0.3, 0.4) is 0 Å². The Morgan fingerprint density at radius 2 is 1.88 bits per heavy atom. The maximum Gasteiger partial charge on any atom is 0.305 e. The second-order valence-electron chi connectivity index (χ2n) is 13.1. The van der Waals surface area contributed by atoms with E-state index in [4.69, 9.17) is 9.26 Å². The number of hydrogen-bond acceptors (Lipinski definition) is 4. The van der Waals surface area contributed by atoms with Crippen molar-refractivity contribution in [3.05, 3.63) is 11.6 Å². The molecule has 7 unspecified atom stereocenters. The number of carbonyl (C=O) groups excluding carboxylic acids is 1. The lowest BCUT2D eigenvalue weighted by Gasteiger charge is -2.58. The van der Waals surface area contributed by atoms with Crippen molar-refractivity contribution in [1.82, 2.24) is 0 Å². The molecule has 186 valence electrons. The SMILES string of the molecule is COC(=O)CCC(C)C1CCC2C3CCC4=C/C(=N\O[Si](C)(C)C)CCC4(C)C3CCC12C. The van der Waals surface area contributed by atoms with Crippen molar-refractivity contribution in [2.75, 3.05) is 7.11 Å². The molecule has 33 heavy (non-hydrogen) atoms. The third-order valence-electron chi connectivity index (χ3n) is 10.2. The fourth-order valence-electron chi connectivity index (χ4n) is 8.46. The monoisotopic (exact) mass is 473 g/mol. The van der Waals surface area contributed by atoms with Gasteiger partial charge in [-0.05, 0) is 124 Å². The number of hydrogen-bond donors (Lipinski definition) is 0. The average Bonchev–Trinajstić information content (AvgIpc) is 3.12. The van der Waals surface area contributed by atoms with Gasteiger partial charge in [-0.3, -0.25) is 4.79 Å². The standard InChI is InChI=1S/C28H47NO3Si/c1-19(8-13-26(30)31-4)23-11-12-24-22-10-9-20-18-21(29-32-33(5,6)7)14-16-27(20,2)25(22)15-17-28(23,24)3/h18-19,22-25H,8-17H2,1-7H3/b29-21-. The molecule has 5 heteroatoms. The molecule has 0 saturated heterocycles. The molecule has 0 bridgehead atoms. The predicted octanol–water partition coefficient (Wildman–Crippen LogP) is 7.36. The second kappa shape index (κ2) is 9.16. The molecule has 0 aromatic carbocycles. The first-order chi connectivity index (χ1) is 15.5. The highest BCUT2D eigenvalue weighted by atomic mass is 28.4. The van der Waals surface area contributed by atoms with E-state index < -0.39 is 8.32 Å². The molecule has 3 saturated carbocycles. The first kappa shape index (κ1) is 25.0. The fraction of sp³-hybridized carbons (Fsp3) is 0.857. The molecule has 4 rings (SSSR count). The summed E-state index contributed by atoms with van der Waals surface area (Å²) in [4.78, 5) is 11.7. The minimum absolute atomic E-state index is 0.0553. The molecule has 0 aliphatic heterocycles. The molecule has 0 aromatic heterocycles. The number of carbonyl (C=O) groups is 1. The number of oxime groups is 1. The summed E-state index contributed by atoms with van der Waals surface area (Å²) in [6.45, 7) is 14.2. The van der Waals surface area contributed by atoms with Gasteiger partial charge in [0.05, 0.1) is 12.8 Å². The molecular formula is C28H47NO3Si. The van der Waals surface area contributed by atoms with Gasteiger partial charge in [-0.25, -0.2) is 0 Å². The molecule has 3 fully saturated rings. The summed E-state index contributed by atoms with van der Waals surface area (Å²) in [6.07, 6.45) is 14.3. The van der Waals surface area contributed by atoms with Gasteiger partial charge in [-0.2, -0.15) is 0 Å². The van der Waals surface area contributed by atoms with Crippen molar-refractivity contribution in [1.29, 1.82) is 0 Å². The highest BCUT2D eigenvalue weighted by Crippen LogP contribution is 2.67. The lowest BCUT2D eigenvalue weighted by atomic mass is 9.46. The first-order valence-electron chi connectivity index (χ1n) is 13.5. The third-order valence-corrected chi connectivity index (χ3v) is 10.8. The van der Waals surface area contributed by atoms with Crippen LogP contribution in [0.25, 0.3) is 0 Å². The lowest BCUT2D eigenvalue weighted by molar-refractivity contribution is -0.141. The summed E-state index contributed by atoms with van der Waals surface area (Å²) < 4.78 is 10.8. The van der Waals surface area contributed by atoms with Crippen molar-refractivity contribution < 1.29 is 14.1 Å². The van der Waals surface area contributed by atoms with Crippen LogP contribution in [0.5, 0.6) is 0 Å². The Labute approximate surface area is 203 Å². The Bertz CT molecular complexity index is 814. The maximum absolute atomic E-state index is 11.7. The second-order valence-corrected chi connectivity index (χ2v) is 17.5. The molecule has 4 aliphatic rings. The van der Waals surface area contributed by atoms with Gasteiger partial charge in [0.15, 0.2) is 0 Å². The van der Waals surface area contributed by atoms with Crippen LogP contribution in [0, 0.1) is 40.4 Å². The molecule has 0 N–H and O–H groups in total. The van der Waals surface area contributed by atoms with Crippen LogP contribution >= 0.6 is 0 Å². The van der Waals surface area contributed by atoms with E-state index in [9.17, 15) is 4.79 Å². The van der Waals surface area contributed by atoms with Gasteiger partial charge in [-0.15, -0.1) is 5.16 Å². The first-order valence-corrected chi connectivity index (χ1v) is 16.9.